The van der Waals surface area contributed by atoms with Crippen LogP contribution >= 0.6 is 43.9 Å². The summed E-state index contributed by atoms with van der Waals surface area (Å²) >= 11 is 3.69. The predicted molar refractivity (Wildman–Crippen MR) is 105 cm³/mol. The second-order valence-electron chi connectivity index (χ2n) is 3.85. The molecule has 0 aliphatic rings. The van der Waals surface area contributed by atoms with Crippen LogP contribution in [0.3, 0.4) is 0 Å². The number of hydrogen-bond donors (Lipinski definition) is 3. The molecule has 0 fully saturated rings. The van der Waals surface area contributed by atoms with Gasteiger partial charge < -0.3 is 15.3 Å². The largest absolute Gasteiger partial charge is 0.477 e. The van der Waals surface area contributed by atoms with Crippen LogP contribution in [0.15, 0.2) is 52.5 Å². The average molecular weight is 418 g/mol. The minimum absolute atomic E-state index is 0. The maximum Gasteiger partial charge on any atom is 0.345 e. The Hall–Kier alpha value is -2.06. The molecule has 3 aromatic rings. The second-order valence-corrected chi connectivity index (χ2v) is 6.69. The van der Waals surface area contributed by atoms with Gasteiger partial charge >= 0.3 is 17.9 Å². The highest BCUT2D eigenvalue weighted by atomic mass is 32.1. The van der Waals surface area contributed by atoms with Crippen LogP contribution in [-0.2, 0) is 0 Å². The lowest BCUT2D eigenvalue weighted by Crippen LogP contribution is -1.89. The van der Waals surface area contributed by atoms with Crippen molar-refractivity contribution in [3.63, 3.8) is 0 Å². The van der Waals surface area contributed by atoms with Crippen molar-refractivity contribution in [1.29, 1.82) is 0 Å². The van der Waals surface area contributed by atoms with Gasteiger partial charge in [0.25, 0.3) is 0 Å². The van der Waals surface area contributed by atoms with E-state index in [0.717, 1.165) is 0 Å². The van der Waals surface area contributed by atoms with Gasteiger partial charge in [0.05, 0.1) is 0 Å². The molecule has 0 radical (unpaired) electrons. The molecule has 0 bridgehead atoms. The zero-order valence-electron chi connectivity index (χ0n) is 12.7. The van der Waals surface area contributed by atoms with Gasteiger partial charge in [0.2, 0.25) is 0 Å². The summed E-state index contributed by atoms with van der Waals surface area (Å²) in [4.78, 5) is 31.4. The van der Waals surface area contributed by atoms with E-state index >= 15 is 0 Å². The molecule has 0 saturated heterocycles. The summed E-state index contributed by atoms with van der Waals surface area (Å²) < 4.78 is 0. The summed E-state index contributed by atoms with van der Waals surface area (Å²) in [6, 6.07) is 9.88. The molecule has 0 aromatic carbocycles. The van der Waals surface area contributed by atoms with Crippen molar-refractivity contribution in [3.05, 3.63) is 67.2 Å². The van der Waals surface area contributed by atoms with E-state index in [0.29, 0.717) is 14.6 Å². The Morgan fingerprint density at radius 2 is 0.840 bits per heavy atom. The Bertz CT molecular complexity index is 646. The molecule has 134 valence electrons. The molecule has 0 amide bonds. The highest BCUT2D eigenvalue weighted by Crippen LogP contribution is 2.07. The van der Waals surface area contributed by atoms with Crippen LogP contribution in [0, 0.1) is 0 Å². The lowest BCUT2D eigenvalue weighted by atomic mass is 10.5. The van der Waals surface area contributed by atoms with Gasteiger partial charge in [-0.3, -0.25) is 0 Å². The third kappa shape index (κ3) is 9.11. The molecule has 0 saturated carbocycles. The summed E-state index contributed by atoms with van der Waals surface area (Å²) in [7, 11) is 0. The summed E-state index contributed by atoms with van der Waals surface area (Å²) in [5.74, 6) is -2.54. The first-order valence-corrected chi connectivity index (χ1v) is 8.86. The van der Waals surface area contributed by atoms with E-state index < -0.39 is 17.9 Å². The smallest absolute Gasteiger partial charge is 0.345 e. The van der Waals surface area contributed by atoms with Crippen LogP contribution in [0.4, 0.5) is 0 Å². The highest BCUT2D eigenvalue weighted by Gasteiger charge is 2.00. The van der Waals surface area contributed by atoms with Crippen molar-refractivity contribution in [3.8, 4) is 0 Å². The molecule has 25 heavy (non-hydrogen) atoms. The van der Waals surface area contributed by atoms with E-state index in [1.54, 1.807) is 52.5 Å². The number of aromatic carboxylic acids is 3. The molecule has 6 nitrogen and oxygen atoms in total. The first-order valence-electron chi connectivity index (χ1n) is 6.22. The van der Waals surface area contributed by atoms with Gasteiger partial charge in [-0.1, -0.05) is 18.2 Å². The minimum Gasteiger partial charge on any atom is -0.477 e. The quantitative estimate of drug-likeness (QED) is 0.544. The highest BCUT2D eigenvalue weighted by molar-refractivity contribution is 7.12. The van der Waals surface area contributed by atoms with Gasteiger partial charge in [0.15, 0.2) is 0 Å². The molecular weight excluding hydrogens is 403 g/mol. The number of rotatable bonds is 3. The fourth-order valence-corrected chi connectivity index (χ4v) is 2.89. The van der Waals surface area contributed by atoms with Gasteiger partial charge in [-0.15, -0.1) is 34.0 Å². The summed E-state index contributed by atoms with van der Waals surface area (Å²) in [5, 5.41) is 30.1. The molecule has 3 N–H and O–H groups in total. The fraction of sp³-hybridized carbons (Fsp3) is 0. The number of carboxylic acids is 3. The van der Waals surface area contributed by atoms with Crippen molar-refractivity contribution in [2.75, 3.05) is 0 Å². The van der Waals surface area contributed by atoms with E-state index in [9.17, 15) is 14.4 Å². The standard InChI is InChI=1S/3C5H4O2S.H3P/c3*6-5(7)4-2-1-3-8-4;/h3*1-3H,(H,6,7);1H3. The van der Waals surface area contributed by atoms with Crippen molar-refractivity contribution in [2.45, 2.75) is 0 Å². The van der Waals surface area contributed by atoms with Crippen LogP contribution in [0.25, 0.3) is 0 Å². The van der Waals surface area contributed by atoms with Crippen LogP contribution in [0.5, 0.6) is 0 Å². The lowest BCUT2D eigenvalue weighted by Gasteiger charge is -1.78. The Morgan fingerprint density at radius 1 is 0.600 bits per heavy atom. The molecule has 1 unspecified atom stereocenters. The topological polar surface area (TPSA) is 112 Å². The van der Waals surface area contributed by atoms with Gasteiger partial charge in [-0.2, -0.15) is 9.90 Å². The Morgan fingerprint density at radius 3 is 0.920 bits per heavy atom. The van der Waals surface area contributed by atoms with E-state index in [4.69, 9.17) is 15.3 Å². The monoisotopic (exact) mass is 418 g/mol. The predicted octanol–water partition coefficient (Wildman–Crippen LogP) is 4.40. The second kappa shape index (κ2) is 12.3. The minimum atomic E-state index is -0.847. The zero-order valence-corrected chi connectivity index (χ0v) is 16.6. The van der Waals surface area contributed by atoms with Gasteiger partial charge in [-0.25, -0.2) is 14.4 Å². The number of hydrogen-bond acceptors (Lipinski definition) is 6. The molecule has 0 aliphatic heterocycles. The average Bonchev–Trinajstić information content (AvgIpc) is 3.29. The van der Waals surface area contributed by atoms with Gasteiger partial charge in [0.1, 0.15) is 14.6 Å². The normalized spacial score (nSPS) is 8.64. The molecule has 10 heteroatoms. The Balaban J connectivity index is 0.000000339. The van der Waals surface area contributed by atoms with Crippen molar-refractivity contribution in [1.82, 2.24) is 0 Å². The molecule has 1 atom stereocenters. The first kappa shape index (κ1) is 22.9. The third-order valence-electron chi connectivity index (χ3n) is 2.20. The lowest BCUT2D eigenvalue weighted by molar-refractivity contribution is 0.0691. The first-order chi connectivity index (χ1) is 11.4. The molecular formula is C15H15O6PS3. The van der Waals surface area contributed by atoms with Gasteiger partial charge in [0, 0.05) is 0 Å². The van der Waals surface area contributed by atoms with E-state index in [-0.39, 0.29) is 9.90 Å². The molecule has 3 heterocycles. The Labute approximate surface area is 158 Å². The number of thiophene rings is 3. The van der Waals surface area contributed by atoms with Crippen molar-refractivity contribution < 1.29 is 29.7 Å². The molecule has 3 rings (SSSR count). The van der Waals surface area contributed by atoms with E-state index in [1.165, 1.54) is 34.0 Å². The Kier molecular flexibility index (Phi) is 11.3. The van der Waals surface area contributed by atoms with Crippen molar-refractivity contribution >= 4 is 61.8 Å². The van der Waals surface area contributed by atoms with Crippen LogP contribution < -0.4 is 0 Å². The van der Waals surface area contributed by atoms with E-state index in [2.05, 4.69) is 0 Å². The maximum atomic E-state index is 10.1. The summed E-state index contributed by atoms with van der Waals surface area (Å²) in [6.07, 6.45) is 0. The molecule has 3 aromatic heterocycles. The van der Waals surface area contributed by atoms with Crippen LogP contribution in [0.1, 0.15) is 29.0 Å². The maximum absolute atomic E-state index is 10.1. The van der Waals surface area contributed by atoms with Crippen LogP contribution in [-0.4, -0.2) is 33.2 Å². The molecule has 0 aliphatic carbocycles. The number of carboxylic acid groups (broad SMARTS) is 3. The fourth-order valence-electron chi connectivity index (χ4n) is 1.20. The van der Waals surface area contributed by atoms with Crippen molar-refractivity contribution in [2.24, 2.45) is 0 Å². The van der Waals surface area contributed by atoms with E-state index in [1.807, 2.05) is 0 Å². The third-order valence-corrected chi connectivity index (χ3v) is 4.77. The SMILES string of the molecule is O=C(O)c1cccs1.O=C(O)c1cccs1.O=C(O)c1cccs1.P. The summed E-state index contributed by atoms with van der Waals surface area (Å²) in [6.45, 7) is 0. The summed E-state index contributed by atoms with van der Waals surface area (Å²) in [5.41, 5.74) is 0. The van der Waals surface area contributed by atoms with Gasteiger partial charge in [-0.05, 0) is 34.3 Å². The zero-order chi connectivity index (χ0) is 17.9. The van der Waals surface area contributed by atoms with Crippen LogP contribution in [0.2, 0.25) is 0 Å². The number of carbonyl (C=O) groups is 3. The molecule has 0 spiro atoms.